The molecule has 1 unspecified atom stereocenters. The van der Waals surface area contributed by atoms with Crippen LogP contribution in [0, 0.1) is 16.2 Å². The summed E-state index contributed by atoms with van der Waals surface area (Å²) in [6.45, 7) is 4.83. The molecule has 1 aliphatic heterocycles. The van der Waals surface area contributed by atoms with Gasteiger partial charge in [0.25, 0.3) is 0 Å². The van der Waals surface area contributed by atoms with E-state index in [-0.39, 0.29) is 11.8 Å². The molecule has 168 valence electrons. The molecule has 0 spiro atoms. The van der Waals surface area contributed by atoms with Gasteiger partial charge in [-0.05, 0) is 37.0 Å². The lowest BCUT2D eigenvalue weighted by Crippen LogP contribution is -2.58. The summed E-state index contributed by atoms with van der Waals surface area (Å²) in [7, 11) is 0. The molecule has 2 fully saturated rings. The van der Waals surface area contributed by atoms with E-state index < -0.39 is 17.2 Å². The van der Waals surface area contributed by atoms with Crippen molar-refractivity contribution < 1.29 is 9.90 Å². The molecular weight excluding hydrogens is 426 g/mol. The molecule has 4 rings (SSSR count). The molecule has 1 N–H and O–H groups in total. The highest BCUT2D eigenvalue weighted by Crippen LogP contribution is 2.49. The predicted octanol–water partition coefficient (Wildman–Crippen LogP) is 5.10. The molecule has 0 bridgehead atoms. The molecule has 1 saturated heterocycles. The van der Waals surface area contributed by atoms with E-state index in [1.807, 2.05) is 61.2 Å². The maximum atomic E-state index is 13.3. The molecule has 1 aliphatic carbocycles. The van der Waals surface area contributed by atoms with Gasteiger partial charge in [-0.3, -0.25) is 9.79 Å². The number of aliphatic hydroxyl groups excluding tert-OH is 1. The third-order valence-electron chi connectivity index (χ3n) is 7.01. The van der Waals surface area contributed by atoms with Crippen molar-refractivity contribution in [3.8, 4) is 0 Å². The molecular formula is C25H28ClN3O3. The SMILES string of the molecule is CC1(C)CN(C(=O)[C@H]2CCC2=NC(O)c2ccccc2)CC[C@]1(N=O)c1ccc(Cl)cc1. The fraction of sp³-hybridized carbons (Fsp3) is 0.440. The molecule has 0 aromatic heterocycles. The van der Waals surface area contributed by atoms with Crippen LogP contribution in [0.3, 0.4) is 0 Å². The molecule has 2 aromatic carbocycles. The number of hydrogen-bond acceptors (Lipinski definition) is 5. The van der Waals surface area contributed by atoms with Crippen LogP contribution >= 0.6 is 11.6 Å². The van der Waals surface area contributed by atoms with Gasteiger partial charge in [0.15, 0.2) is 6.23 Å². The molecule has 1 heterocycles. The van der Waals surface area contributed by atoms with Crippen LogP contribution in [0.5, 0.6) is 0 Å². The van der Waals surface area contributed by atoms with E-state index in [4.69, 9.17) is 11.6 Å². The second-order valence-corrected chi connectivity index (χ2v) is 9.78. The van der Waals surface area contributed by atoms with Crippen molar-refractivity contribution in [3.05, 3.63) is 75.7 Å². The van der Waals surface area contributed by atoms with E-state index in [9.17, 15) is 14.8 Å². The lowest BCUT2D eigenvalue weighted by molar-refractivity contribution is -0.139. The number of amides is 1. The summed E-state index contributed by atoms with van der Waals surface area (Å²) in [6.07, 6.45) is 0.922. The summed E-state index contributed by atoms with van der Waals surface area (Å²) in [5.41, 5.74) is 0.801. The first-order valence-electron chi connectivity index (χ1n) is 11.0. The number of benzene rings is 2. The number of piperidine rings is 1. The van der Waals surface area contributed by atoms with Crippen LogP contribution in [0.25, 0.3) is 0 Å². The standard InChI is InChI=1S/C25H28ClN3O3/c1-24(2)16-29(15-14-25(24,28-32)18-8-10-19(26)11-9-18)23(31)20-12-13-21(20)27-22(30)17-6-4-3-5-7-17/h3-11,20,22,30H,12-16H2,1-2H3/t20-,22?,25-/m0/s1. The summed E-state index contributed by atoms with van der Waals surface area (Å²) < 4.78 is 0. The van der Waals surface area contributed by atoms with Gasteiger partial charge in [-0.1, -0.05) is 73.1 Å². The summed E-state index contributed by atoms with van der Waals surface area (Å²) >= 11 is 6.03. The van der Waals surface area contributed by atoms with Crippen LogP contribution in [-0.4, -0.2) is 34.7 Å². The van der Waals surface area contributed by atoms with Crippen molar-refractivity contribution in [2.45, 2.75) is 44.9 Å². The van der Waals surface area contributed by atoms with E-state index in [0.717, 1.165) is 17.7 Å². The molecule has 3 atom stereocenters. The van der Waals surface area contributed by atoms with E-state index in [1.54, 1.807) is 12.1 Å². The van der Waals surface area contributed by atoms with Crippen LogP contribution in [0.1, 0.15) is 50.5 Å². The minimum Gasteiger partial charge on any atom is -0.368 e. The molecule has 1 saturated carbocycles. The third kappa shape index (κ3) is 3.97. The van der Waals surface area contributed by atoms with E-state index in [1.165, 1.54) is 0 Å². The number of hydrogen-bond donors (Lipinski definition) is 1. The van der Waals surface area contributed by atoms with Gasteiger partial charge in [0.05, 0.1) is 5.92 Å². The Hall–Kier alpha value is -2.57. The van der Waals surface area contributed by atoms with Crippen molar-refractivity contribution in [2.75, 3.05) is 13.1 Å². The van der Waals surface area contributed by atoms with Gasteiger partial charge in [0.1, 0.15) is 5.54 Å². The molecule has 1 amide bonds. The summed E-state index contributed by atoms with van der Waals surface area (Å²) in [5.74, 6) is -0.296. The molecule has 0 radical (unpaired) electrons. The Morgan fingerprint density at radius 2 is 1.84 bits per heavy atom. The first kappa shape index (κ1) is 22.6. The van der Waals surface area contributed by atoms with Gasteiger partial charge >= 0.3 is 0 Å². The van der Waals surface area contributed by atoms with Crippen molar-refractivity contribution in [1.29, 1.82) is 0 Å². The third-order valence-corrected chi connectivity index (χ3v) is 7.27. The second kappa shape index (κ2) is 8.75. The van der Waals surface area contributed by atoms with Crippen molar-refractivity contribution in [1.82, 2.24) is 4.90 Å². The number of carbonyl (C=O) groups is 1. The molecule has 6 nitrogen and oxygen atoms in total. The maximum absolute atomic E-state index is 13.3. The number of carbonyl (C=O) groups excluding carboxylic acids is 1. The highest BCUT2D eigenvalue weighted by molar-refractivity contribution is 6.30. The molecule has 7 heteroatoms. The Kier molecular flexibility index (Phi) is 6.19. The lowest BCUT2D eigenvalue weighted by atomic mass is 9.64. The number of nitroso groups, excluding NO2 is 1. The fourth-order valence-corrected chi connectivity index (χ4v) is 5.03. The van der Waals surface area contributed by atoms with Gasteiger partial charge in [-0.2, -0.15) is 0 Å². The zero-order valence-corrected chi connectivity index (χ0v) is 19.1. The Morgan fingerprint density at radius 3 is 2.41 bits per heavy atom. The Balaban J connectivity index is 1.50. The van der Waals surface area contributed by atoms with E-state index in [0.29, 0.717) is 36.5 Å². The Morgan fingerprint density at radius 1 is 1.16 bits per heavy atom. The van der Waals surface area contributed by atoms with Crippen molar-refractivity contribution in [3.63, 3.8) is 0 Å². The quantitative estimate of drug-likeness (QED) is 0.639. The van der Waals surface area contributed by atoms with Gasteiger partial charge < -0.3 is 10.0 Å². The number of halogens is 1. The van der Waals surface area contributed by atoms with Gasteiger partial charge in [0, 0.05) is 34.8 Å². The highest BCUT2D eigenvalue weighted by Gasteiger charge is 2.53. The number of aliphatic hydroxyl groups is 1. The summed E-state index contributed by atoms with van der Waals surface area (Å²) in [5, 5.41) is 14.6. The monoisotopic (exact) mass is 453 g/mol. The van der Waals surface area contributed by atoms with E-state index >= 15 is 0 Å². The van der Waals surface area contributed by atoms with Crippen LogP contribution in [-0.2, 0) is 10.3 Å². The number of aliphatic imine (C=N–C) groups is 1. The van der Waals surface area contributed by atoms with Gasteiger partial charge in [-0.15, -0.1) is 4.91 Å². The summed E-state index contributed by atoms with van der Waals surface area (Å²) in [6, 6.07) is 16.5. The molecule has 32 heavy (non-hydrogen) atoms. The largest absolute Gasteiger partial charge is 0.368 e. The minimum atomic E-state index is -0.962. The van der Waals surface area contributed by atoms with Crippen molar-refractivity contribution >= 4 is 23.2 Å². The smallest absolute Gasteiger partial charge is 0.231 e. The number of rotatable bonds is 5. The molecule has 2 aromatic rings. The first-order chi connectivity index (χ1) is 15.3. The zero-order chi connectivity index (χ0) is 22.9. The van der Waals surface area contributed by atoms with Gasteiger partial charge in [-0.25, -0.2) is 0 Å². The van der Waals surface area contributed by atoms with E-state index in [2.05, 4.69) is 10.2 Å². The summed E-state index contributed by atoms with van der Waals surface area (Å²) in [4.78, 5) is 31.7. The van der Waals surface area contributed by atoms with Crippen LogP contribution in [0.2, 0.25) is 5.02 Å². The van der Waals surface area contributed by atoms with Gasteiger partial charge in [0.2, 0.25) is 5.91 Å². The van der Waals surface area contributed by atoms with Crippen LogP contribution in [0.4, 0.5) is 0 Å². The van der Waals surface area contributed by atoms with Crippen molar-refractivity contribution in [2.24, 2.45) is 21.5 Å². The fourth-order valence-electron chi connectivity index (χ4n) is 4.91. The van der Waals surface area contributed by atoms with Crippen LogP contribution in [0.15, 0.2) is 64.8 Å². The van der Waals surface area contributed by atoms with Crippen LogP contribution < -0.4 is 0 Å². The predicted molar refractivity (Wildman–Crippen MR) is 125 cm³/mol. The zero-order valence-electron chi connectivity index (χ0n) is 18.4. The maximum Gasteiger partial charge on any atom is 0.231 e. The average molecular weight is 454 g/mol. The Labute approximate surface area is 193 Å². The topological polar surface area (TPSA) is 82.3 Å². The molecule has 2 aliphatic rings. The Bertz CT molecular complexity index is 1020. The average Bonchev–Trinajstić information content (AvgIpc) is 2.77. The number of likely N-dealkylation sites (tertiary alicyclic amines) is 1. The number of nitrogens with zero attached hydrogens (tertiary/aromatic N) is 3. The first-order valence-corrected chi connectivity index (χ1v) is 11.3. The lowest BCUT2D eigenvalue weighted by Gasteiger charge is -2.50. The highest BCUT2D eigenvalue weighted by atomic mass is 35.5. The minimum absolute atomic E-state index is 0.0129. The normalized spacial score (nSPS) is 26.9. The second-order valence-electron chi connectivity index (χ2n) is 9.35.